The number of esters is 1. The van der Waals surface area contributed by atoms with Crippen LogP contribution in [0.2, 0.25) is 0 Å². The van der Waals surface area contributed by atoms with Crippen LogP contribution in [0.5, 0.6) is 5.88 Å². The largest absolute Gasteiger partial charge is 0.480 e. The molecule has 2 aromatic rings. The first-order valence-electron chi connectivity index (χ1n) is 7.88. The summed E-state index contributed by atoms with van der Waals surface area (Å²) in [4.78, 5) is 18.7. The molecule has 0 bridgehead atoms. The van der Waals surface area contributed by atoms with Gasteiger partial charge in [-0.1, -0.05) is 12.1 Å². The standard InChI is InChI=1S/C19H21N3O3/c1-6-25-19(23)16-12(2)21-18(24-5)15(11-20)17(16)13-7-9-14(10-8-13)22(3)4/h7-10H,6H2,1-5H3. The Hall–Kier alpha value is -3.07. The van der Waals surface area contributed by atoms with Gasteiger partial charge in [0.05, 0.1) is 25.0 Å². The molecule has 0 radical (unpaired) electrons. The van der Waals surface area contributed by atoms with Gasteiger partial charge in [-0.2, -0.15) is 5.26 Å². The summed E-state index contributed by atoms with van der Waals surface area (Å²) in [5, 5.41) is 9.63. The third-order valence-corrected chi connectivity index (χ3v) is 3.80. The Morgan fingerprint density at radius 2 is 1.92 bits per heavy atom. The molecule has 6 nitrogen and oxygen atoms in total. The van der Waals surface area contributed by atoms with Crippen LogP contribution < -0.4 is 9.64 Å². The molecule has 0 fully saturated rings. The zero-order valence-corrected chi connectivity index (χ0v) is 15.1. The van der Waals surface area contributed by atoms with Gasteiger partial charge in [0.25, 0.3) is 0 Å². The molecule has 0 aliphatic rings. The van der Waals surface area contributed by atoms with E-state index in [0.29, 0.717) is 11.3 Å². The monoisotopic (exact) mass is 339 g/mol. The Balaban J connectivity index is 2.77. The summed E-state index contributed by atoms with van der Waals surface area (Å²) in [6.45, 7) is 3.68. The minimum atomic E-state index is -0.502. The van der Waals surface area contributed by atoms with Crippen LogP contribution in [0.15, 0.2) is 24.3 Å². The first-order valence-corrected chi connectivity index (χ1v) is 7.88. The number of hydrogen-bond donors (Lipinski definition) is 0. The topological polar surface area (TPSA) is 75.5 Å². The molecule has 0 unspecified atom stereocenters. The average Bonchev–Trinajstić information content (AvgIpc) is 2.60. The van der Waals surface area contributed by atoms with Crippen molar-refractivity contribution in [1.29, 1.82) is 5.26 Å². The molecule has 0 amide bonds. The van der Waals surface area contributed by atoms with Crippen molar-refractivity contribution in [3.05, 3.63) is 41.1 Å². The highest BCUT2D eigenvalue weighted by Gasteiger charge is 2.25. The lowest BCUT2D eigenvalue weighted by Gasteiger charge is -2.17. The number of carbonyl (C=O) groups excluding carboxylic acids is 1. The number of pyridine rings is 1. The maximum Gasteiger partial charge on any atom is 0.340 e. The molecule has 0 aliphatic carbocycles. The van der Waals surface area contributed by atoms with Crippen LogP contribution in [-0.2, 0) is 4.74 Å². The van der Waals surface area contributed by atoms with Gasteiger partial charge in [0.1, 0.15) is 11.6 Å². The van der Waals surface area contributed by atoms with Crippen molar-refractivity contribution in [1.82, 2.24) is 4.98 Å². The van der Waals surface area contributed by atoms with E-state index in [1.165, 1.54) is 7.11 Å². The molecule has 0 N–H and O–H groups in total. The lowest BCUT2D eigenvalue weighted by molar-refractivity contribution is 0.0525. The molecule has 130 valence electrons. The number of hydrogen-bond acceptors (Lipinski definition) is 6. The van der Waals surface area contributed by atoms with Gasteiger partial charge in [-0.05, 0) is 31.5 Å². The Morgan fingerprint density at radius 1 is 1.28 bits per heavy atom. The van der Waals surface area contributed by atoms with E-state index in [1.807, 2.05) is 43.3 Å². The summed E-state index contributed by atoms with van der Waals surface area (Å²) in [7, 11) is 5.34. The smallest absolute Gasteiger partial charge is 0.340 e. The van der Waals surface area contributed by atoms with Gasteiger partial charge >= 0.3 is 5.97 Å². The highest BCUT2D eigenvalue weighted by Crippen LogP contribution is 2.35. The van der Waals surface area contributed by atoms with Crippen molar-refractivity contribution in [3.8, 4) is 23.1 Å². The van der Waals surface area contributed by atoms with Crippen LogP contribution in [0.25, 0.3) is 11.1 Å². The number of nitrogens with zero attached hydrogens (tertiary/aromatic N) is 3. The predicted molar refractivity (Wildman–Crippen MR) is 96.0 cm³/mol. The van der Waals surface area contributed by atoms with E-state index >= 15 is 0 Å². The molecule has 0 saturated carbocycles. The molecule has 6 heteroatoms. The van der Waals surface area contributed by atoms with Gasteiger partial charge < -0.3 is 14.4 Å². The van der Waals surface area contributed by atoms with Crippen molar-refractivity contribution >= 4 is 11.7 Å². The van der Waals surface area contributed by atoms with Crippen molar-refractivity contribution < 1.29 is 14.3 Å². The number of ether oxygens (including phenoxy) is 2. The average molecular weight is 339 g/mol. The zero-order chi connectivity index (χ0) is 18.6. The van der Waals surface area contributed by atoms with Crippen LogP contribution in [0.3, 0.4) is 0 Å². The van der Waals surface area contributed by atoms with Crippen LogP contribution in [0.4, 0.5) is 5.69 Å². The Labute approximate surface area is 147 Å². The number of anilines is 1. The van der Waals surface area contributed by atoms with Gasteiger partial charge in [-0.15, -0.1) is 0 Å². The molecule has 1 aromatic carbocycles. The maximum atomic E-state index is 12.5. The Kier molecular flexibility index (Phi) is 5.60. The SMILES string of the molecule is CCOC(=O)c1c(C)nc(OC)c(C#N)c1-c1ccc(N(C)C)cc1. The normalized spacial score (nSPS) is 10.1. The third kappa shape index (κ3) is 3.56. The molecule has 2 rings (SSSR count). The fourth-order valence-corrected chi connectivity index (χ4v) is 2.60. The third-order valence-electron chi connectivity index (χ3n) is 3.80. The number of carbonyl (C=O) groups is 1. The highest BCUT2D eigenvalue weighted by molar-refractivity contribution is 6.00. The molecule has 0 aliphatic heterocycles. The van der Waals surface area contributed by atoms with Crippen LogP contribution >= 0.6 is 0 Å². The quantitative estimate of drug-likeness (QED) is 0.779. The van der Waals surface area contributed by atoms with Crippen LogP contribution in [0, 0.1) is 18.3 Å². The number of benzene rings is 1. The van der Waals surface area contributed by atoms with E-state index in [4.69, 9.17) is 9.47 Å². The van der Waals surface area contributed by atoms with Crippen molar-refractivity contribution in [2.45, 2.75) is 13.8 Å². The number of rotatable bonds is 5. The summed E-state index contributed by atoms with van der Waals surface area (Å²) >= 11 is 0. The lowest BCUT2D eigenvalue weighted by atomic mass is 9.94. The summed E-state index contributed by atoms with van der Waals surface area (Å²) in [6, 6.07) is 9.69. The molecular formula is C19H21N3O3. The second-order valence-electron chi connectivity index (χ2n) is 5.61. The second kappa shape index (κ2) is 7.67. The number of methoxy groups -OCH3 is 1. The molecule has 25 heavy (non-hydrogen) atoms. The molecule has 0 saturated heterocycles. The van der Waals surface area contributed by atoms with E-state index in [9.17, 15) is 10.1 Å². The fourth-order valence-electron chi connectivity index (χ4n) is 2.60. The van der Waals surface area contributed by atoms with Crippen molar-refractivity contribution in [2.24, 2.45) is 0 Å². The highest BCUT2D eigenvalue weighted by atomic mass is 16.5. The number of aryl methyl sites for hydroxylation is 1. The van der Waals surface area contributed by atoms with E-state index in [1.54, 1.807) is 13.8 Å². The van der Waals surface area contributed by atoms with Gasteiger partial charge in [-0.3, -0.25) is 0 Å². The predicted octanol–water partition coefficient (Wildman–Crippen LogP) is 3.18. The number of nitriles is 1. The van der Waals surface area contributed by atoms with E-state index in [2.05, 4.69) is 11.1 Å². The van der Waals surface area contributed by atoms with Crippen molar-refractivity contribution in [3.63, 3.8) is 0 Å². The number of aromatic nitrogens is 1. The molecule has 0 spiro atoms. The van der Waals surface area contributed by atoms with E-state index < -0.39 is 5.97 Å². The van der Waals surface area contributed by atoms with Gasteiger partial charge in [0.15, 0.2) is 0 Å². The van der Waals surface area contributed by atoms with Crippen LogP contribution in [0.1, 0.15) is 28.5 Å². The summed E-state index contributed by atoms with van der Waals surface area (Å²) in [5.41, 5.74) is 3.19. The lowest BCUT2D eigenvalue weighted by Crippen LogP contribution is -2.13. The molecule has 1 heterocycles. The Morgan fingerprint density at radius 3 is 2.40 bits per heavy atom. The van der Waals surface area contributed by atoms with Gasteiger partial charge in [0, 0.05) is 25.3 Å². The van der Waals surface area contributed by atoms with Crippen LogP contribution in [-0.4, -0.2) is 38.8 Å². The minimum absolute atomic E-state index is 0.194. The first-order chi connectivity index (χ1) is 11.9. The van der Waals surface area contributed by atoms with Gasteiger partial charge in [-0.25, -0.2) is 9.78 Å². The first kappa shape index (κ1) is 18.3. The Bertz CT molecular complexity index is 821. The van der Waals surface area contributed by atoms with Crippen molar-refractivity contribution in [2.75, 3.05) is 32.7 Å². The minimum Gasteiger partial charge on any atom is -0.480 e. The van der Waals surface area contributed by atoms with Gasteiger partial charge in [0.2, 0.25) is 5.88 Å². The van der Waals surface area contributed by atoms with E-state index in [-0.39, 0.29) is 23.6 Å². The molecule has 1 aromatic heterocycles. The summed E-state index contributed by atoms with van der Waals surface area (Å²) in [5.74, 6) is -0.307. The van der Waals surface area contributed by atoms with E-state index in [0.717, 1.165) is 11.3 Å². The summed E-state index contributed by atoms with van der Waals surface area (Å²) in [6.07, 6.45) is 0. The zero-order valence-electron chi connectivity index (χ0n) is 15.1. The second-order valence-corrected chi connectivity index (χ2v) is 5.61. The summed E-state index contributed by atoms with van der Waals surface area (Å²) < 4.78 is 10.4. The molecule has 0 atom stereocenters. The molecular weight excluding hydrogens is 318 g/mol. The maximum absolute atomic E-state index is 12.5. The fraction of sp³-hybridized carbons (Fsp3) is 0.316.